The monoisotopic (exact) mass is 283 g/mol. The van der Waals surface area contributed by atoms with Gasteiger partial charge in [0.05, 0.1) is 6.04 Å². The van der Waals surface area contributed by atoms with Gasteiger partial charge >= 0.3 is 0 Å². The number of hydrogen-bond donors (Lipinski definition) is 3. The van der Waals surface area contributed by atoms with Crippen LogP contribution in [0.5, 0.6) is 0 Å². The Hall–Kier alpha value is -1.10. The Morgan fingerprint density at radius 2 is 1.85 bits per heavy atom. The Morgan fingerprint density at radius 3 is 2.50 bits per heavy atom. The highest BCUT2D eigenvalue weighted by molar-refractivity contribution is 5.81. The van der Waals surface area contributed by atoms with Gasteiger partial charge in [0.2, 0.25) is 11.8 Å². The summed E-state index contributed by atoms with van der Waals surface area (Å²) in [4.78, 5) is 23.4. The minimum atomic E-state index is -0.240. The molecule has 0 saturated heterocycles. The molecule has 5 heteroatoms. The van der Waals surface area contributed by atoms with Crippen molar-refractivity contribution in [3.8, 4) is 0 Å². The first-order valence-corrected chi connectivity index (χ1v) is 7.94. The molecule has 1 rings (SSSR count). The maximum Gasteiger partial charge on any atom is 0.237 e. The largest absolute Gasteiger partial charge is 0.356 e. The molecule has 0 spiro atoms. The first kappa shape index (κ1) is 17.0. The van der Waals surface area contributed by atoms with Crippen molar-refractivity contribution < 1.29 is 9.59 Å². The molecule has 20 heavy (non-hydrogen) atoms. The second-order valence-electron chi connectivity index (χ2n) is 5.62. The molecule has 1 fully saturated rings. The van der Waals surface area contributed by atoms with Gasteiger partial charge in [0.15, 0.2) is 0 Å². The van der Waals surface area contributed by atoms with Crippen LogP contribution < -0.4 is 16.0 Å². The van der Waals surface area contributed by atoms with Crippen molar-refractivity contribution in [2.75, 3.05) is 13.1 Å². The fraction of sp³-hybridized carbons (Fsp3) is 0.867. The summed E-state index contributed by atoms with van der Waals surface area (Å²) in [7, 11) is 0. The van der Waals surface area contributed by atoms with E-state index in [9.17, 15) is 9.59 Å². The van der Waals surface area contributed by atoms with Gasteiger partial charge in [0.1, 0.15) is 0 Å². The minimum absolute atomic E-state index is 0.0410. The van der Waals surface area contributed by atoms with Crippen molar-refractivity contribution in [1.82, 2.24) is 16.0 Å². The van der Waals surface area contributed by atoms with E-state index >= 15 is 0 Å². The van der Waals surface area contributed by atoms with E-state index in [1.165, 1.54) is 19.3 Å². The molecule has 1 atom stereocenters. The molecule has 0 aliphatic heterocycles. The van der Waals surface area contributed by atoms with Crippen LogP contribution in [-0.2, 0) is 9.59 Å². The van der Waals surface area contributed by atoms with Crippen LogP contribution >= 0.6 is 0 Å². The smallest absolute Gasteiger partial charge is 0.237 e. The number of rotatable bonds is 8. The van der Waals surface area contributed by atoms with E-state index in [4.69, 9.17) is 0 Å². The summed E-state index contributed by atoms with van der Waals surface area (Å²) in [5, 5.41) is 9.02. The van der Waals surface area contributed by atoms with Gasteiger partial charge in [0, 0.05) is 25.6 Å². The van der Waals surface area contributed by atoms with Crippen molar-refractivity contribution in [1.29, 1.82) is 0 Å². The van der Waals surface area contributed by atoms with Gasteiger partial charge in [-0.15, -0.1) is 0 Å². The number of hydrogen-bond acceptors (Lipinski definition) is 3. The van der Waals surface area contributed by atoms with E-state index < -0.39 is 0 Å². The molecule has 5 nitrogen and oxygen atoms in total. The lowest BCUT2D eigenvalue weighted by Gasteiger charge is -2.24. The zero-order valence-corrected chi connectivity index (χ0v) is 12.8. The van der Waals surface area contributed by atoms with Crippen molar-refractivity contribution in [2.45, 2.75) is 70.9 Å². The molecule has 1 saturated carbocycles. The summed E-state index contributed by atoms with van der Waals surface area (Å²) in [5.74, 6) is 0.0881. The maximum atomic E-state index is 12.0. The summed E-state index contributed by atoms with van der Waals surface area (Å²) < 4.78 is 0. The second-order valence-corrected chi connectivity index (χ2v) is 5.62. The predicted molar refractivity (Wildman–Crippen MR) is 80.4 cm³/mol. The van der Waals surface area contributed by atoms with Crippen LogP contribution in [0, 0.1) is 0 Å². The van der Waals surface area contributed by atoms with E-state index in [0.29, 0.717) is 19.0 Å². The summed E-state index contributed by atoms with van der Waals surface area (Å²) in [5.41, 5.74) is 0. The van der Waals surface area contributed by atoms with Crippen LogP contribution in [-0.4, -0.2) is 37.0 Å². The standard InChI is InChI=1S/C15H29N3O2/c1-3-10-17-14(19)9-11-16-12(2)15(20)18-13-7-5-4-6-8-13/h12-13,16H,3-11H2,1-2H3,(H,17,19)(H,18,20). The average Bonchev–Trinajstić information content (AvgIpc) is 2.46. The van der Waals surface area contributed by atoms with Crippen LogP contribution in [0.3, 0.4) is 0 Å². The van der Waals surface area contributed by atoms with Crippen molar-refractivity contribution in [3.05, 3.63) is 0 Å². The minimum Gasteiger partial charge on any atom is -0.356 e. The number of amides is 2. The fourth-order valence-electron chi connectivity index (χ4n) is 2.42. The molecule has 1 unspecified atom stereocenters. The zero-order valence-electron chi connectivity index (χ0n) is 12.8. The summed E-state index contributed by atoms with van der Waals surface area (Å²) >= 11 is 0. The Labute approximate surface area is 122 Å². The van der Waals surface area contributed by atoms with E-state index in [0.717, 1.165) is 25.8 Å². The predicted octanol–water partition coefficient (Wildman–Crippen LogP) is 1.33. The highest BCUT2D eigenvalue weighted by Gasteiger charge is 2.19. The molecular weight excluding hydrogens is 254 g/mol. The van der Waals surface area contributed by atoms with Gasteiger partial charge in [-0.1, -0.05) is 26.2 Å². The molecule has 0 aromatic rings. The summed E-state index contributed by atoms with van der Waals surface area (Å²) in [6, 6.07) is 0.101. The lowest BCUT2D eigenvalue weighted by Crippen LogP contribution is -2.47. The molecule has 0 aromatic heterocycles. The van der Waals surface area contributed by atoms with Crippen LogP contribution in [0.25, 0.3) is 0 Å². The van der Waals surface area contributed by atoms with E-state index in [-0.39, 0.29) is 17.9 Å². The molecule has 1 aliphatic carbocycles. The fourth-order valence-corrected chi connectivity index (χ4v) is 2.42. The summed E-state index contributed by atoms with van der Waals surface area (Å²) in [6.45, 7) is 5.13. The van der Waals surface area contributed by atoms with E-state index in [1.54, 1.807) is 0 Å². The Balaban J connectivity index is 2.12. The Morgan fingerprint density at radius 1 is 1.15 bits per heavy atom. The highest BCUT2D eigenvalue weighted by Crippen LogP contribution is 2.17. The first-order chi connectivity index (χ1) is 9.63. The molecule has 2 amide bonds. The van der Waals surface area contributed by atoms with Crippen LogP contribution in [0.15, 0.2) is 0 Å². The van der Waals surface area contributed by atoms with Crippen LogP contribution in [0.4, 0.5) is 0 Å². The van der Waals surface area contributed by atoms with E-state index in [2.05, 4.69) is 16.0 Å². The number of nitrogens with one attached hydrogen (secondary N) is 3. The average molecular weight is 283 g/mol. The lowest BCUT2D eigenvalue weighted by molar-refractivity contribution is -0.124. The van der Waals surface area contributed by atoms with Crippen LogP contribution in [0.2, 0.25) is 0 Å². The SMILES string of the molecule is CCCNC(=O)CCNC(C)C(=O)NC1CCCCC1. The van der Waals surface area contributed by atoms with Crippen molar-refractivity contribution in [2.24, 2.45) is 0 Å². The third-order valence-corrected chi connectivity index (χ3v) is 3.72. The van der Waals surface area contributed by atoms with Crippen molar-refractivity contribution in [3.63, 3.8) is 0 Å². The highest BCUT2D eigenvalue weighted by atomic mass is 16.2. The van der Waals surface area contributed by atoms with Crippen LogP contribution in [0.1, 0.15) is 58.8 Å². The van der Waals surface area contributed by atoms with Gasteiger partial charge in [-0.3, -0.25) is 9.59 Å². The van der Waals surface area contributed by atoms with Crippen molar-refractivity contribution >= 4 is 11.8 Å². The third-order valence-electron chi connectivity index (χ3n) is 3.72. The topological polar surface area (TPSA) is 70.2 Å². The lowest BCUT2D eigenvalue weighted by atomic mass is 9.95. The molecule has 116 valence electrons. The van der Waals surface area contributed by atoms with Gasteiger partial charge in [0.25, 0.3) is 0 Å². The normalized spacial score (nSPS) is 17.5. The Kier molecular flexibility index (Phi) is 8.26. The summed E-state index contributed by atoms with van der Waals surface area (Å²) in [6.07, 6.45) is 7.26. The molecule has 0 aromatic carbocycles. The number of carbonyl (C=O) groups excluding carboxylic acids is 2. The second kappa shape index (κ2) is 9.75. The van der Waals surface area contributed by atoms with Gasteiger partial charge in [-0.25, -0.2) is 0 Å². The number of carbonyl (C=O) groups is 2. The molecule has 0 bridgehead atoms. The van der Waals surface area contributed by atoms with E-state index in [1.807, 2.05) is 13.8 Å². The zero-order chi connectivity index (χ0) is 14.8. The Bertz CT molecular complexity index is 301. The molecule has 3 N–H and O–H groups in total. The first-order valence-electron chi connectivity index (χ1n) is 7.94. The quantitative estimate of drug-likeness (QED) is 0.629. The molecule has 0 radical (unpaired) electrons. The third kappa shape index (κ3) is 6.89. The molecule has 1 aliphatic rings. The molecule has 0 heterocycles. The molecular formula is C15H29N3O2. The maximum absolute atomic E-state index is 12.0. The van der Waals surface area contributed by atoms with Gasteiger partial charge in [-0.05, 0) is 26.2 Å². The van der Waals surface area contributed by atoms with Gasteiger partial charge in [-0.2, -0.15) is 0 Å². The van der Waals surface area contributed by atoms with Gasteiger partial charge < -0.3 is 16.0 Å².